The third-order valence-corrected chi connectivity index (χ3v) is 5.11. The molecule has 10 heteroatoms. The van der Waals surface area contributed by atoms with Gasteiger partial charge in [0.2, 0.25) is 0 Å². The van der Waals surface area contributed by atoms with Gasteiger partial charge in [-0.25, -0.2) is 19.3 Å². The first kappa shape index (κ1) is 20.4. The summed E-state index contributed by atoms with van der Waals surface area (Å²) in [7, 11) is 0. The van der Waals surface area contributed by atoms with Gasteiger partial charge < -0.3 is 20.7 Å². The number of benzene rings is 1. The number of hydrogen-bond donors (Lipinski definition) is 2. The zero-order valence-corrected chi connectivity index (χ0v) is 16.8. The zero-order chi connectivity index (χ0) is 22.0. The second kappa shape index (κ2) is 8.49. The molecule has 1 aliphatic rings. The number of carbonyl (C=O) groups excluding carboxylic acids is 1. The Labute approximate surface area is 177 Å². The van der Waals surface area contributed by atoms with Crippen LogP contribution < -0.4 is 11.1 Å². The maximum atomic E-state index is 14.4. The maximum Gasteiger partial charge on any atom is 0.255 e. The first-order valence-corrected chi connectivity index (χ1v) is 9.73. The number of nitrogens with one attached hydrogen (secondary N) is 1. The number of hydrogen-bond acceptors (Lipinski definition) is 8. The minimum atomic E-state index is -0.578. The predicted octanol–water partition coefficient (Wildman–Crippen LogP) is 2.26. The number of aromatic nitrogens is 3. The molecule has 31 heavy (non-hydrogen) atoms. The number of amides is 1. The van der Waals surface area contributed by atoms with E-state index in [1.165, 1.54) is 12.4 Å². The third-order valence-electron chi connectivity index (χ3n) is 5.11. The average molecular weight is 421 g/mol. The Morgan fingerprint density at radius 1 is 1.35 bits per heavy atom. The summed E-state index contributed by atoms with van der Waals surface area (Å²) < 4.78 is 19.8. The molecule has 1 aromatic carbocycles. The van der Waals surface area contributed by atoms with Crippen LogP contribution in [-0.4, -0.2) is 52.1 Å². The van der Waals surface area contributed by atoms with Crippen LogP contribution in [0.4, 0.5) is 16.0 Å². The van der Waals surface area contributed by atoms with Crippen LogP contribution in [0.5, 0.6) is 0 Å². The van der Waals surface area contributed by atoms with Crippen molar-refractivity contribution in [3.63, 3.8) is 0 Å². The summed E-state index contributed by atoms with van der Waals surface area (Å²) in [6.45, 7) is 3.58. The summed E-state index contributed by atoms with van der Waals surface area (Å²) in [5.74, 6) is -0.453. The van der Waals surface area contributed by atoms with E-state index in [1.54, 1.807) is 30.0 Å². The third kappa shape index (κ3) is 3.95. The first-order chi connectivity index (χ1) is 15.0. The molecule has 0 radical (unpaired) electrons. The van der Waals surface area contributed by atoms with Gasteiger partial charge in [-0.2, -0.15) is 5.26 Å². The number of para-hydroxylation sites is 1. The summed E-state index contributed by atoms with van der Waals surface area (Å²) in [5, 5.41) is 13.0. The maximum absolute atomic E-state index is 14.4. The number of fused-ring (bicyclic) bond motifs is 1. The molecule has 9 nitrogen and oxygen atoms in total. The monoisotopic (exact) mass is 421 g/mol. The van der Waals surface area contributed by atoms with Gasteiger partial charge in [0.1, 0.15) is 40.9 Å². The number of nitrogen functional groups attached to an aromatic ring is 1. The van der Waals surface area contributed by atoms with Crippen LogP contribution >= 0.6 is 0 Å². The van der Waals surface area contributed by atoms with E-state index >= 15 is 0 Å². The fraction of sp³-hybridized carbons (Fsp3) is 0.286. The van der Waals surface area contributed by atoms with Crippen LogP contribution in [0.1, 0.15) is 34.6 Å². The molecule has 3 aromatic rings. The Kier molecular flexibility index (Phi) is 5.60. The lowest BCUT2D eigenvalue weighted by Crippen LogP contribution is -2.41. The second-order valence-corrected chi connectivity index (χ2v) is 7.10. The van der Waals surface area contributed by atoms with Gasteiger partial charge in [0.15, 0.2) is 0 Å². The number of carbonyl (C=O) groups is 1. The minimum Gasteiger partial charge on any atom is -0.382 e. The van der Waals surface area contributed by atoms with E-state index in [0.29, 0.717) is 42.9 Å². The van der Waals surface area contributed by atoms with Crippen molar-refractivity contribution in [3.8, 4) is 6.07 Å². The van der Waals surface area contributed by atoms with Gasteiger partial charge in [0.05, 0.1) is 30.5 Å². The molecule has 3 N–H and O–H groups in total. The molecule has 158 valence electrons. The van der Waals surface area contributed by atoms with Crippen LogP contribution in [0.3, 0.4) is 0 Å². The molecular formula is C21H20FN7O2. The number of morpholine rings is 1. The lowest BCUT2D eigenvalue weighted by molar-refractivity contribution is 0.0301. The normalized spacial score (nSPS) is 14.8. The smallest absolute Gasteiger partial charge is 0.255 e. The van der Waals surface area contributed by atoms with Gasteiger partial charge in [-0.3, -0.25) is 4.79 Å². The summed E-state index contributed by atoms with van der Waals surface area (Å²) in [5.41, 5.74) is 6.70. The molecule has 1 saturated heterocycles. The zero-order valence-electron chi connectivity index (χ0n) is 16.8. The minimum absolute atomic E-state index is 0.0364. The molecule has 0 saturated carbocycles. The van der Waals surface area contributed by atoms with Gasteiger partial charge in [-0.1, -0.05) is 12.1 Å². The first-order valence-electron chi connectivity index (χ1n) is 9.73. The van der Waals surface area contributed by atoms with Crippen LogP contribution in [0.25, 0.3) is 10.9 Å². The molecule has 2 aromatic heterocycles. The van der Waals surface area contributed by atoms with E-state index in [0.717, 1.165) is 0 Å². The summed E-state index contributed by atoms with van der Waals surface area (Å²) in [6.07, 6.45) is 1.23. The van der Waals surface area contributed by atoms with E-state index in [-0.39, 0.29) is 28.6 Å². The molecule has 3 heterocycles. The van der Waals surface area contributed by atoms with Crippen molar-refractivity contribution in [1.29, 1.82) is 5.26 Å². The highest BCUT2D eigenvalue weighted by molar-refractivity contribution is 5.99. The Bertz CT molecular complexity index is 1190. The Hall–Kier alpha value is -3.84. The number of ether oxygens (including phenoxy) is 1. The molecule has 4 rings (SSSR count). The van der Waals surface area contributed by atoms with E-state index in [4.69, 9.17) is 10.5 Å². The topological polar surface area (TPSA) is 130 Å². The Morgan fingerprint density at radius 2 is 2.13 bits per heavy atom. The largest absolute Gasteiger partial charge is 0.382 e. The molecule has 1 unspecified atom stereocenters. The molecule has 1 fully saturated rings. The molecule has 0 aliphatic carbocycles. The number of nitrogens with two attached hydrogens (primary N) is 1. The van der Waals surface area contributed by atoms with Crippen molar-refractivity contribution < 1.29 is 13.9 Å². The molecule has 1 aliphatic heterocycles. The van der Waals surface area contributed by atoms with Crippen molar-refractivity contribution in [2.45, 2.75) is 13.0 Å². The Morgan fingerprint density at radius 3 is 2.87 bits per heavy atom. The predicted molar refractivity (Wildman–Crippen MR) is 112 cm³/mol. The standard InChI is InChI=1S/C21H20FN7O2/c1-12(27-20-15(10-23)19(24)25-11-26-20)17-14(21(30)29-5-7-31-8-6-29)9-13-3-2-4-16(22)18(13)28-17/h2-4,9,11-12H,5-8H2,1H3,(H3,24,25,26,27). The van der Waals surface area contributed by atoms with Crippen LogP contribution in [0, 0.1) is 17.1 Å². The number of halogens is 1. The molecular weight excluding hydrogens is 401 g/mol. The van der Waals surface area contributed by atoms with Gasteiger partial charge in [0.25, 0.3) is 5.91 Å². The highest BCUT2D eigenvalue weighted by Gasteiger charge is 2.26. The van der Waals surface area contributed by atoms with Crippen molar-refractivity contribution in [2.75, 3.05) is 37.4 Å². The summed E-state index contributed by atoms with van der Waals surface area (Å²) >= 11 is 0. The highest BCUT2D eigenvalue weighted by atomic mass is 19.1. The van der Waals surface area contributed by atoms with Gasteiger partial charge >= 0.3 is 0 Å². The van der Waals surface area contributed by atoms with Crippen molar-refractivity contribution in [1.82, 2.24) is 19.9 Å². The van der Waals surface area contributed by atoms with Gasteiger partial charge in [-0.15, -0.1) is 0 Å². The van der Waals surface area contributed by atoms with E-state index in [1.807, 2.05) is 6.07 Å². The van der Waals surface area contributed by atoms with Crippen LogP contribution in [0.2, 0.25) is 0 Å². The molecule has 0 bridgehead atoms. The highest BCUT2D eigenvalue weighted by Crippen LogP contribution is 2.28. The van der Waals surface area contributed by atoms with Crippen LogP contribution in [0.15, 0.2) is 30.6 Å². The number of nitriles is 1. The SMILES string of the molecule is CC(Nc1ncnc(N)c1C#N)c1nc2c(F)cccc2cc1C(=O)N1CCOCC1. The van der Waals surface area contributed by atoms with Gasteiger partial charge in [0, 0.05) is 18.5 Å². The van der Waals surface area contributed by atoms with Crippen LogP contribution in [-0.2, 0) is 4.74 Å². The lowest BCUT2D eigenvalue weighted by atomic mass is 10.0. The fourth-order valence-corrected chi connectivity index (χ4v) is 3.51. The van der Waals surface area contributed by atoms with E-state index < -0.39 is 11.9 Å². The van der Waals surface area contributed by atoms with E-state index in [2.05, 4.69) is 20.3 Å². The van der Waals surface area contributed by atoms with Gasteiger partial charge in [-0.05, 0) is 19.1 Å². The summed E-state index contributed by atoms with van der Waals surface area (Å²) in [6, 6.07) is 7.64. The quantitative estimate of drug-likeness (QED) is 0.656. The molecule has 0 spiro atoms. The number of rotatable bonds is 4. The lowest BCUT2D eigenvalue weighted by Gasteiger charge is -2.28. The summed E-state index contributed by atoms with van der Waals surface area (Å²) in [4.78, 5) is 27.4. The number of pyridine rings is 1. The van der Waals surface area contributed by atoms with Crippen molar-refractivity contribution >= 4 is 28.4 Å². The van der Waals surface area contributed by atoms with E-state index in [9.17, 15) is 14.4 Å². The number of nitrogens with zero attached hydrogens (tertiary/aromatic N) is 5. The average Bonchev–Trinajstić information content (AvgIpc) is 2.79. The fourth-order valence-electron chi connectivity index (χ4n) is 3.51. The van der Waals surface area contributed by atoms with Crippen molar-refractivity contribution in [2.24, 2.45) is 0 Å². The molecule has 1 atom stereocenters. The molecule has 1 amide bonds. The van der Waals surface area contributed by atoms with Crippen molar-refractivity contribution in [3.05, 3.63) is 53.2 Å². The Balaban J connectivity index is 1.79. The number of anilines is 2. The second-order valence-electron chi connectivity index (χ2n) is 7.10.